The topological polar surface area (TPSA) is 68.7 Å². The van der Waals surface area contributed by atoms with Gasteiger partial charge in [-0.15, -0.1) is 0 Å². The Morgan fingerprint density at radius 1 is 1.24 bits per heavy atom. The molecule has 2 aliphatic heterocycles. The van der Waals surface area contributed by atoms with E-state index in [0.29, 0.717) is 31.7 Å². The Hall–Kier alpha value is -1.95. The van der Waals surface area contributed by atoms with Crippen LogP contribution in [0.3, 0.4) is 0 Å². The van der Waals surface area contributed by atoms with Gasteiger partial charge in [0, 0.05) is 12.1 Å². The molecule has 2 unspecified atom stereocenters. The lowest BCUT2D eigenvalue weighted by Crippen LogP contribution is -2.60. The number of rotatable bonds is 2. The maximum absolute atomic E-state index is 12.9. The highest BCUT2D eigenvalue weighted by Crippen LogP contribution is 2.34. The summed E-state index contributed by atoms with van der Waals surface area (Å²) in [6.45, 7) is 8.37. The summed E-state index contributed by atoms with van der Waals surface area (Å²) in [6, 6.07) is 3.49. The summed E-state index contributed by atoms with van der Waals surface area (Å²) in [5.41, 5.74) is 0.893. The maximum Gasteiger partial charge on any atom is 0.410 e. The van der Waals surface area contributed by atoms with Crippen molar-refractivity contribution in [2.24, 2.45) is 5.92 Å². The van der Waals surface area contributed by atoms with Gasteiger partial charge < -0.3 is 9.47 Å². The van der Waals surface area contributed by atoms with Gasteiger partial charge in [-0.1, -0.05) is 6.07 Å². The lowest BCUT2D eigenvalue weighted by molar-refractivity contribution is -0.0861. The molecule has 2 bridgehead atoms. The van der Waals surface area contributed by atoms with Crippen LogP contribution in [-0.4, -0.2) is 52.7 Å². The predicted octanol–water partition coefficient (Wildman–Crippen LogP) is 2.99. The second kappa shape index (κ2) is 6.75. The van der Waals surface area contributed by atoms with Crippen molar-refractivity contribution in [1.29, 1.82) is 0 Å². The van der Waals surface area contributed by atoms with E-state index in [-0.39, 0.29) is 29.9 Å². The number of hydrogen-bond acceptors (Lipinski definition) is 5. The number of carbonyl (C=O) groups excluding carboxylic acids is 2. The number of carbonyl (C=O) groups is 2. The zero-order chi connectivity index (χ0) is 18.2. The fourth-order valence-electron chi connectivity index (χ4n) is 3.68. The van der Waals surface area contributed by atoms with Crippen LogP contribution in [0.2, 0.25) is 0 Å². The molecule has 1 aromatic heterocycles. The van der Waals surface area contributed by atoms with E-state index in [1.54, 1.807) is 11.1 Å². The molecule has 0 saturated carbocycles. The molecule has 0 radical (unpaired) electrons. The van der Waals surface area contributed by atoms with Gasteiger partial charge in [0.15, 0.2) is 5.78 Å². The number of morpholine rings is 1. The summed E-state index contributed by atoms with van der Waals surface area (Å²) in [5, 5.41) is 0. The van der Waals surface area contributed by atoms with Crippen molar-refractivity contribution in [2.75, 3.05) is 13.2 Å². The van der Waals surface area contributed by atoms with Crippen LogP contribution in [0.1, 0.15) is 49.7 Å². The molecule has 3 heterocycles. The summed E-state index contributed by atoms with van der Waals surface area (Å²) >= 11 is 0. The molecule has 0 aromatic carbocycles. The quantitative estimate of drug-likeness (QED) is 0.770. The SMILES string of the molecule is Cc1cccnc1C(=O)C1CC2COCC(C1)N2C(=O)OC(C)(C)C. The number of aryl methyl sites for hydroxylation is 1. The minimum atomic E-state index is -0.538. The van der Waals surface area contributed by atoms with Crippen molar-refractivity contribution in [3.63, 3.8) is 0 Å². The number of ketones is 1. The molecular weight excluding hydrogens is 320 g/mol. The van der Waals surface area contributed by atoms with Crippen LogP contribution in [0.25, 0.3) is 0 Å². The normalized spacial score (nSPS) is 26.2. The van der Waals surface area contributed by atoms with E-state index in [2.05, 4.69) is 4.98 Å². The van der Waals surface area contributed by atoms with Crippen molar-refractivity contribution in [3.8, 4) is 0 Å². The summed E-state index contributed by atoms with van der Waals surface area (Å²) in [7, 11) is 0. The van der Waals surface area contributed by atoms with Crippen LogP contribution in [0.4, 0.5) is 4.79 Å². The minimum Gasteiger partial charge on any atom is -0.444 e. The zero-order valence-electron chi connectivity index (χ0n) is 15.3. The van der Waals surface area contributed by atoms with E-state index in [4.69, 9.17) is 9.47 Å². The average Bonchev–Trinajstić information content (AvgIpc) is 2.51. The van der Waals surface area contributed by atoms with Crippen LogP contribution >= 0.6 is 0 Å². The molecule has 136 valence electrons. The van der Waals surface area contributed by atoms with E-state index < -0.39 is 5.60 Å². The van der Waals surface area contributed by atoms with Crippen molar-refractivity contribution in [2.45, 2.75) is 58.2 Å². The van der Waals surface area contributed by atoms with Gasteiger partial charge in [-0.25, -0.2) is 4.79 Å². The number of ether oxygens (including phenoxy) is 2. The second-order valence-electron chi connectivity index (χ2n) is 7.93. The van der Waals surface area contributed by atoms with Gasteiger partial charge in [0.05, 0.1) is 25.3 Å². The highest BCUT2D eigenvalue weighted by Gasteiger charge is 2.45. The monoisotopic (exact) mass is 346 g/mol. The lowest BCUT2D eigenvalue weighted by atomic mass is 9.81. The molecule has 6 heteroatoms. The second-order valence-corrected chi connectivity index (χ2v) is 7.93. The third-order valence-corrected chi connectivity index (χ3v) is 4.74. The molecule has 2 saturated heterocycles. The number of fused-ring (bicyclic) bond motifs is 2. The van der Waals surface area contributed by atoms with Crippen molar-refractivity contribution < 1.29 is 19.1 Å². The highest BCUT2D eigenvalue weighted by atomic mass is 16.6. The Labute approximate surface area is 148 Å². The number of pyridine rings is 1. The van der Waals surface area contributed by atoms with Gasteiger partial charge >= 0.3 is 6.09 Å². The molecule has 0 N–H and O–H groups in total. The fraction of sp³-hybridized carbons (Fsp3) is 0.632. The van der Waals surface area contributed by atoms with Crippen molar-refractivity contribution in [1.82, 2.24) is 9.88 Å². The van der Waals surface area contributed by atoms with E-state index in [0.717, 1.165) is 5.56 Å². The summed E-state index contributed by atoms with van der Waals surface area (Å²) in [6.07, 6.45) is 2.51. The zero-order valence-corrected chi connectivity index (χ0v) is 15.3. The molecule has 25 heavy (non-hydrogen) atoms. The highest BCUT2D eigenvalue weighted by molar-refractivity contribution is 5.97. The molecule has 2 fully saturated rings. The first-order valence-corrected chi connectivity index (χ1v) is 8.81. The molecule has 6 nitrogen and oxygen atoms in total. The number of aromatic nitrogens is 1. The Morgan fingerprint density at radius 2 is 1.88 bits per heavy atom. The van der Waals surface area contributed by atoms with Gasteiger partial charge in [0.2, 0.25) is 0 Å². The summed E-state index contributed by atoms with van der Waals surface area (Å²) < 4.78 is 11.2. The molecule has 2 aliphatic rings. The summed E-state index contributed by atoms with van der Waals surface area (Å²) in [5.74, 6) is -0.0648. The van der Waals surface area contributed by atoms with Gasteiger partial charge in [-0.3, -0.25) is 14.7 Å². The lowest BCUT2D eigenvalue weighted by Gasteiger charge is -2.47. The van der Waals surface area contributed by atoms with Crippen molar-refractivity contribution in [3.05, 3.63) is 29.6 Å². The van der Waals surface area contributed by atoms with E-state index >= 15 is 0 Å². The molecule has 2 atom stereocenters. The first-order chi connectivity index (χ1) is 11.8. The number of piperidine rings is 1. The van der Waals surface area contributed by atoms with Crippen LogP contribution in [0.15, 0.2) is 18.3 Å². The van der Waals surface area contributed by atoms with Crippen LogP contribution in [0, 0.1) is 12.8 Å². The van der Waals surface area contributed by atoms with Crippen LogP contribution in [0.5, 0.6) is 0 Å². The van der Waals surface area contributed by atoms with Gasteiger partial charge in [-0.2, -0.15) is 0 Å². The molecular formula is C19H26N2O4. The van der Waals surface area contributed by atoms with E-state index in [9.17, 15) is 9.59 Å². The van der Waals surface area contributed by atoms with Crippen molar-refractivity contribution >= 4 is 11.9 Å². The molecule has 3 rings (SSSR count). The molecule has 1 aromatic rings. The Kier molecular flexibility index (Phi) is 4.82. The molecule has 0 spiro atoms. The largest absolute Gasteiger partial charge is 0.444 e. The standard InChI is InChI=1S/C19H26N2O4/c1-12-6-5-7-20-16(12)17(22)13-8-14-10-24-11-15(9-13)21(14)18(23)25-19(2,3)4/h5-7,13-15H,8-11H2,1-4H3. The average molecular weight is 346 g/mol. The third-order valence-electron chi connectivity index (χ3n) is 4.74. The Bertz CT molecular complexity index is 654. The van der Waals surface area contributed by atoms with E-state index in [1.165, 1.54) is 0 Å². The Morgan fingerprint density at radius 3 is 2.44 bits per heavy atom. The Balaban J connectivity index is 1.76. The third kappa shape index (κ3) is 3.84. The van der Waals surface area contributed by atoms with Gasteiger partial charge in [-0.05, 0) is 52.2 Å². The predicted molar refractivity (Wildman–Crippen MR) is 92.5 cm³/mol. The number of hydrogen-bond donors (Lipinski definition) is 0. The molecule has 0 aliphatic carbocycles. The maximum atomic E-state index is 12.9. The van der Waals surface area contributed by atoms with Crippen LogP contribution in [-0.2, 0) is 9.47 Å². The number of nitrogens with zero attached hydrogens (tertiary/aromatic N) is 2. The number of amides is 1. The van der Waals surface area contributed by atoms with Gasteiger partial charge in [0.25, 0.3) is 0 Å². The fourth-order valence-corrected chi connectivity index (χ4v) is 3.68. The molecule has 1 amide bonds. The smallest absolute Gasteiger partial charge is 0.410 e. The first-order valence-electron chi connectivity index (χ1n) is 8.81. The number of Topliss-reactive ketones (excluding diaryl/α,β-unsaturated/α-hetero) is 1. The van der Waals surface area contributed by atoms with Gasteiger partial charge in [0.1, 0.15) is 11.3 Å². The van der Waals surface area contributed by atoms with E-state index in [1.807, 2.05) is 39.8 Å². The summed E-state index contributed by atoms with van der Waals surface area (Å²) in [4.78, 5) is 31.5. The van der Waals surface area contributed by atoms with Crippen LogP contribution < -0.4 is 0 Å². The first kappa shape index (κ1) is 17.9. The minimum absolute atomic E-state index is 0.0684.